The van der Waals surface area contributed by atoms with Crippen molar-refractivity contribution in [1.29, 1.82) is 0 Å². The summed E-state index contributed by atoms with van der Waals surface area (Å²) >= 11 is 0. The van der Waals surface area contributed by atoms with Crippen LogP contribution in [-0.2, 0) is 0 Å². The van der Waals surface area contributed by atoms with E-state index in [1.165, 1.54) is 18.4 Å². The Kier molecular flexibility index (Phi) is 8.14. The van der Waals surface area contributed by atoms with Gasteiger partial charge in [-0.05, 0) is 39.7 Å². The van der Waals surface area contributed by atoms with Crippen LogP contribution in [0, 0.1) is 0 Å². The normalized spacial score (nSPS) is 11.7. The minimum Gasteiger partial charge on any atom is -0.313 e. The van der Waals surface area contributed by atoms with Crippen LogP contribution in [0.1, 0.15) is 33.1 Å². The molecule has 0 aliphatic rings. The lowest BCUT2D eigenvalue weighted by Crippen LogP contribution is -2.17. The molecule has 1 nitrogen and oxygen atoms in total. The molecule has 0 aromatic carbocycles. The van der Waals surface area contributed by atoms with E-state index in [9.17, 15) is 0 Å². The van der Waals surface area contributed by atoms with Crippen molar-refractivity contribution in [3.63, 3.8) is 0 Å². The Morgan fingerprint density at radius 3 is 2.75 bits per heavy atom. The highest BCUT2D eigenvalue weighted by Crippen LogP contribution is 1.94. The van der Waals surface area contributed by atoms with Crippen molar-refractivity contribution in [2.75, 3.05) is 13.1 Å². The lowest BCUT2D eigenvalue weighted by Gasteiger charge is -2.03. The van der Waals surface area contributed by atoms with Gasteiger partial charge in [-0.1, -0.05) is 17.7 Å². The van der Waals surface area contributed by atoms with E-state index in [4.69, 9.17) is 0 Å². The van der Waals surface area contributed by atoms with Crippen LogP contribution < -0.4 is 5.32 Å². The van der Waals surface area contributed by atoms with Crippen molar-refractivity contribution in [3.05, 3.63) is 24.3 Å². The average molecular weight is 167 g/mol. The molecule has 0 aliphatic heterocycles. The van der Waals surface area contributed by atoms with Crippen LogP contribution in [-0.4, -0.2) is 13.1 Å². The number of rotatable bonds is 7. The molecule has 12 heavy (non-hydrogen) atoms. The third-order valence-electron chi connectivity index (χ3n) is 1.91. The van der Waals surface area contributed by atoms with Gasteiger partial charge < -0.3 is 5.32 Å². The molecule has 0 bridgehead atoms. The average Bonchev–Trinajstić information content (AvgIpc) is 2.10. The quantitative estimate of drug-likeness (QED) is 0.454. The van der Waals surface area contributed by atoms with Crippen molar-refractivity contribution in [2.45, 2.75) is 33.1 Å². The van der Waals surface area contributed by atoms with E-state index < -0.39 is 0 Å². The van der Waals surface area contributed by atoms with Gasteiger partial charge in [0.25, 0.3) is 0 Å². The monoisotopic (exact) mass is 167 g/mol. The summed E-state index contributed by atoms with van der Waals surface area (Å²) in [6.07, 6.45) is 7.78. The van der Waals surface area contributed by atoms with Crippen LogP contribution >= 0.6 is 0 Å². The number of allylic oxidation sites excluding steroid dienone is 2. The molecule has 0 spiro atoms. The highest BCUT2D eigenvalue weighted by atomic mass is 14.8. The van der Waals surface area contributed by atoms with Crippen molar-refractivity contribution in [3.8, 4) is 0 Å². The number of hydrogen-bond donors (Lipinski definition) is 1. The Morgan fingerprint density at radius 1 is 1.42 bits per heavy atom. The molecule has 0 saturated carbocycles. The second-order valence-corrected chi connectivity index (χ2v) is 3.10. The zero-order valence-electron chi connectivity index (χ0n) is 8.40. The molecule has 0 heterocycles. The molecule has 1 heteroatoms. The molecule has 0 aromatic heterocycles. The minimum atomic E-state index is 1.03. The van der Waals surface area contributed by atoms with E-state index in [1.54, 1.807) is 0 Å². The summed E-state index contributed by atoms with van der Waals surface area (Å²) < 4.78 is 0. The molecule has 0 radical (unpaired) electrons. The standard InChI is InChI=1S/C11H21N/c1-4-6-7-8-9-12-10-11(3)5-2/h4-5,12H,1,6-10H2,2-3H3. The first-order chi connectivity index (χ1) is 5.81. The minimum absolute atomic E-state index is 1.03. The van der Waals surface area contributed by atoms with Gasteiger partial charge in [0, 0.05) is 6.54 Å². The van der Waals surface area contributed by atoms with Crippen molar-refractivity contribution in [2.24, 2.45) is 0 Å². The fourth-order valence-corrected chi connectivity index (χ4v) is 0.926. The first-order valence-corrected chi connectivity index (χ1v) is 4.74. The van der Waals surface area contributed by atoms with Crippen molar-refractivity contribution in [1.82, 2.24) is 5.32 Å². The van der Waals surface area contributed by atoms with Gasteiger partial charge >= 0.3 is 0 Å². The van der Waals surface area contributed by atoms with Gasteiger partial charge in [0.2, 0.25) is 0 Å². The fraction of sp³-hybridized carbons (Fsp3) is 0.636. The molecule has 0 aromatic rings. The lowest BCUT2D eigenvalue weighted by atomic mass is 10.2. The number of hydrogen-bond acceptors (Lipinski definition) is 1. The Hall–Kier alpha value is -0.560. The first-order valence-electron chi connectivity index (χ1n) is 4.74. The summed E-state index contributed by atoms with van der Waals surface area (Å²) in [6.45, 7) is 10.1. The maximum Gasteiger partial charge on any atom is 0.0161 e. The van der Waals surface area contributed by atoms with Gasteiger partial charge in [-0.3, -0.25) is 0 Å². The third kappa shape index (κ3) is 7.55. The molecule has 0 atom stereocenters. The lowest BCUT2D eigenvalue weighted by molar-refractivity contribution is 0.652. The van der Waals surface area contributed by atoms with Crippen molar-refractivity contribution < 1.29 is 0 Å². The van der Waals surface area contributed by atoms with Gasteiger partial charge in [-0.25, -0.2) is 0 Å². The molecule has 1 N–H and O–H groups in total. The summed E-state index contributed by atoms with van der Waals surface area (Å²) in [5.74, 6) is 0. The van der Waals surface area contributed by atoms with E-state index >= 15 is 0 Å². The predicted octanol–water partition coefficient (Wildman–Crippen LogP) is 2.90. The Labute approximate surface area is 76.6 Å². The van der Waals surface area contributed by atoms with Crippen LogP contribution in [0.4, 0.5) is 0 Å². The Balaban J connectivity index is 3.05. The van der Waals surface area contributed by atoms with E-state index in [2.05, 4.69) is 31.8 Å². The molecule has 0 amide bonds. The van der Waals surface area contributed by atoms with Crippen LogP contribution in [0.5, 0.6) is 0 Å². The van der Waals surface area contributed by atoms with E-state index in [0.29, 0.717) is 0 Å². The van der Waals surface area contributed by atoms with Gasteiger partial charge in [-0.2, -0.15) is 0 Å². The SMILES string of the molecule is C=CCCCCNCC(C)=CC. The van der Waals surface area contributed by atoms with E-state index in [0.717, 1.165) is 19.5 Å². The predicted molar refractivity (Wildman–Crippen MR) is 56.3 cm³/mol. The van der Waals surface area contributed by atoms with Gasteiger partial charge in [0.1, 0.15) is 0 Å². The first kappa shape index (κ1) is 11.4. The smallest absolute Gasteiger partial charge is 0.0161 e. The third-order valence-corrected chi connectivity index (χ3v) is 1.91. The second-order valence-electron chi connectivity index (χ2n) is 3.10. The maximum absolute atomic E-state index is 3.69. The van der Waals surface area contributed by atoms with Crippen LogP contribution in [0.2, 0.25) is 0 Å². The largest absolute Gasteiger partial charge is 0.313 e. The molecular weight excluding hydrogens is 146 g/mol. The number of nitrogens with one attached hydrogen (secondary N) is 1. The molecule has 0 fully saturated rings. The fourth-order valence-electron chi connectivity index (χ4n) is 0.926. The molecule has 70 valence electrons. The van der Waals surface area contributed by atoms with E-state index in [1.807, 2.05) is 6.08 Å². The summed E-state index contributed by atoms with van der Waals surface area (Å²) in [5.41, 5.74) is 1.42. The Bertz CT molecular complexity index is 136. The maximum atomic E-state index is 3.69. The highest BCUT2D eigenvalue weighted by Gasteiger charge is 1.88. The zero-order chi connectivity index (χ0) is 9.23. The van der Waals surface area contributed by atoms with Gasteiger partial charge in [-0.15, -0.1) is 6.58 Å². The van der Waals surface area contributed by atoms with Gasteiger partial charge in [0.05, 0.1) is 0 Å². The molecule has 0 rings (SSSR count). The highest BCUT2D eigenvalue weighted by molar-refractivity contribution is 4.97. The summed E-state index contributed by atoms with van der Waals surface area (Å²) in [4.78, 5) is 0. The molecule has 0 unspecified atom stereocenters. The Morgan fingerprint density at radius 2 is 2.17 bits per heavy atom. The van der Waals surface area contributed by atoms with Gasteiger partial charge in [0.15, 0.2) is 0 Å². The molecule has 0 aliphatic carbocycles. The van der Waals surface area contributed by atoms with Crippen molar-refractivity contribution >= 4 is 0 Å². The summed E-state index contributed by atoms with van der Waals surface area (Å²) in [5, 5.41) is 3.39. The summed E-state index contributed by atoms with van der Waals surface area (Å²) in [6, 6.07) is 0. The van der Waals surface area contributed by atoms with Crippen LogP contribution in [0.3, 0.4) is 0 Å². The second kappa shape index (κ2) is 8.54. The number of unbranched alkanes of at least 4 members (excludes halogenated alkanes) is 2. The van der Waals surface area contributed by atoms with Crippen LogP contribution in [0.25, 0.3) is 0 Å². The zero-order valence-corrected chi connectivity index (χ0v) is 8.40. The summed E-state index contributed by atoms with van der Waals surface area (Å²) in [7, 11) is 0. The molecule has 0 saturated heterocycles. The van der Waals surface area contributed by atoms with E-state index in [-0.39, 0.29) is 0 Å². The van der Waals surface area contributed by atoms with Crippen LogP contribution in [0.15, 0.2) is 24.3 Å². The molecular formula is C11H21N. The topological polar surface area (TPSA) is 12.0 Å².